The Morgan fingerprint density at radius 2 is 1.88 bits per heavy atom. The minimum atomic E-state index is -0.121. The van der Waals surface area contributed by atoms with E-state index in [0.29, 0.717) is 11.6 Å². The normalized spacial score (nSPS) is 11.9. The van der Waals surface area contributed by atoms with E-state index in [1.165, 1.54) is 5.56 Å². The van der Waals surface area contributed by atoms with E-state index in [4.69, 9.17) is 4.52 Å². The Bertz CT molecular complexity index is 847. The molecule has 0 aliphatic heterocycles. The minimum Gasteiger partial charge on any atom is -0.338 e. The van der Waals surface area contributed by atoms with Gasteiger partial charge in [-0.2, -0.15) is 4.98 Å². The van der Waals surface area contributed by atoms with Crippen molar-refractivity contribution in [2.75, 3.05) is 0 Å². The van der Waals surface area contributed by atoms with Crippen molar-refractivity contribution in [3.05, 3.63) is 47.4 Å². The van der Waals surface area contributed by atoms with Crippen molar-refractivity contribution in [3.63, 3.8) is 0 Å². The summed E-state index contributed by atoms with van der Waals surface area (Å²) in [5, 5.41) is 13.4. The Morgan fingerprint density at radius 1 is 1.12 bits per heavy atom. The molecule has 7 heteroatoms. The Hall–Kier alpha value is -2.15. The van der Waals surface area contributed by atoms with Crippen LogP contribution < -0.4 is 0 Å². The molecule has 0 bridgehead atoms. The van der Waals surface area contributed by atoms with E-state index in [1.807, 2.05) is 19.1 Å². The molecule has 3 aromatic rings. The number of nitrogens with zero attached hydrogens (tertiary/aromatic N) is 5. The van der Waals surface area contributed by atoms with Crippen molar-refractivity contribution in [2.45, 2.75) is 50.9 Å². The first-order valence-corrected chi connectivity index (χ1v) is 8.78. The number of thioether (sulfide) groups is 1. The third-order valence-electron chi connectivity index (χ3n) is 3.62. The van der Waals surface area contributed by atoms with E-state index in [2.05, 4.69) is 64.7 Å². The zero-order chi connectivity index (χ0) is 17.3. The van der Waals surface area contributed by atoms with Gasteiger partial charge in [-0.15, -0.1) is 10.2 Å². The van der Waals surface area contributed by atoms with Crippen LogP contribution in [0, 0.1) is 13.8 Å². The molecule has 0 aliphatic carbocycles. The molecule has 6 nitrogen and oxygen atoms in total. The Balaban J connectivity index is 1.82. The maximum Gasteiger partial charge on any atom is 0.237 e. The molecule has 0 unspecified atom stereocenters. The average molecular weight is 343 g/mol. The van der Waals surface area contributed by atoms with Gasteiger partial charge in [-0.1, -0.05) is 55.9 Å². The van der Waals surface area contributed by atoms with Crippen molar-refractivity contribution < 1.29 is 4.52 Å². The molecule has 0 amide bonds. The standard InChI is InChI=1S/C17H21N5OS/c1-11-8-6-7-9-13(11)22-12(2)19-20-16(22)24-10-14-18-15(21-23-14)17(3,4)5/h6-9H,10H2,1-5H3. The monoisotopic (exact) mass is 343 g/mol. The van der Waals surface area contributed by atoms with Crippen LogP contribution in [0.2, 0.25) is 0 Å². The number of aromatic nitrogens is 5. The van der Waals surface area contributed by atoms with E-state index in [9.17, 15) is 0 Å². The number of aryl methyl sites for hydroxylation is 2. The van der Waals surface area contributed by atoms with Crippen LogP contribution >= 0.6 is 11.8 Å². The molecule has 1 aromatic carbocycles. The van der Waals surface area contributed by atoms with Gasteiger partial charge in [0.15, 0.2) is 11.0 Å². The first-order valence-electron chi connectivity index (χ1n) is 7.80. The molecular formula is C17H21N5OS. The van der Waals surface area contributed by atoms with E-state index in [1.54, 1.807) is 11.8 Å². The predicted octanol–water partition coefficient (Wildman–Crippen LogP) is 3.86. The van der Waals surface area contributed by atoms with Gasteiger partial charge in [-0.05, 0) is 25.5 Å². The summed E-state index contributed by atoms with van der Waals surface area (Å²) in [5.74, 6) is 2.73. The van der Waals surface area contributed by atoms with Gasteiger partial charge < -0.3 is 4.52 Å². The zero-order valence-corrected chi connectivity index (χ0v) is 15.4. The number of hydrogen-bond donors (Lipinski definition) is 0. The van der Waals surface area contributed by atoms with Crippen LogP contribution in [0.5, 0.6) is 0 Å². The Morgan fingerprint density at radius 3 is 2.54 bits per heavy atom. The van der Waals surface area contributed by atoms with Gasteiger partial charge in [-0.3, -0.25) is 4.57 Å². The summed E-state index contributed by atoms with van der Waals surface area (Å²) >= 11 is 1.54. The van der Waals surface area contributed by atoms with Gasteiger partial charge in [0.05, 0.1) is 11.4 Å². The molecule has 3 rings (SSSR count). The van der Waals surface area contributed by atoms with Crippen LogP contribution in [-0.2, 0) is 11.2 Å². The van der Waals surface area contributed by atoms with Crippen molar-refractivity contribution in [1.82, 2.24) is 24.9 Å². The zero-order valence-electron chi connectivity index (χ0n) is 14.6. The van der Waals surface area contributed by atoms with Crippen LogP contribution in [0.15, 0.2) is 33.9 Å². The molecule has 0 saturated carbocycles. The van der Waals surface area contributed by atoms with Gasteiger partial charge >= 0.3 is 0 Å². The maximum absolute atomic E-state index is 5.35. The van der Waals surface area contributed by atoms with Gasteiger partial charge in [0.25, 0.3) is 0 Å². The molecule has 2 aromatic heterocycles. The highest BCUT2D eigenvalue weighted by molar-refractivity contribution is 7.98. The van der Waals surface area contributed by atoms with Crippen LogP contribution in [-0.4, -0.2) is 24.9 Å². The van der Waals surface area contributed by atoms with Crippen molar-refractivity contribution >= 4 is 11.8 Å². The minimum absolute atomic E-state index is 0.121. The predicted molar refractivity (Wildman–Crippen MR) is 93.4 cm³/mol. The summed E-state index contributed by atoms with van der Waals surface area (Å²) in [4.78, 5) is 4.47. The van der Waals surface area contributed by atoms with E-state index < -0.39 is 0 Å². The van der Waals surface area contributed by atoms with Gasteiger partial charge in [-0.25, -0.2) is 0 Å². The SMILES string of the molecule is Cc1ccccc1-n1c(C)nnc1SCc1nc(C(C)(C)C)no1. The lowest BCUT2D eigenvalue weighted by Gasteiger charge is -2.11. The summed E-state index contributed by atoms with van der Waals surface area (Å²) in [5.41, 5.74) is 2.14. The smallest absolute Gasteiger partial charge is 0.237 e. The number of benzene rings is 1. The highest BCUT2D eigenvalue weighted by Crippen LogP contribution is 2.27. The molecular weight excluding hydrogens is 322 g/mol. The van der Waals surface area contributed by atoms with E-state index in [0.717, 1.165) is 22.5 Å². The lowest BCUT2D eigenvalue weighted by molar-refractivity contribution is 0.372. The quantitative estimate of drug-likeness (QED) is 0.670. The first kappa shape index (κ1) is 16.7. The van der Waals surface area contributed by atoms with Gasteiger partial charge in [0.1, 0.15) is 5.82 Å². The fraction of sp³-hybridized carbons (Fsp3) is 0.412. The molecule has 0 radical (unpaired) electrons. The van der Waals surface area contributed by atoms with E-state index >= 15 is 0 Å². The molecule has 0 N–H and O–H groups in total. The fourth-order valence-electron chi connectivity index (χ4n) is 2.27. The maximum atomic E-state index is 5.35. The summed E-state index contributed by atoms with van der Waals surface area (Å²) in [7, 11) is 0. The number of hydrogen-bond acceptors (Lipinski definition) is 6. The summed E-state index contributed by atoms with van der Waals surface area (Å²) in [6, 6.07) is 8.19. The lowest BCUT2D eigenvalue weighted by atomic mass is 9.96. The fourth-order valence-corrected chi connectivity index (χ4v) is 3.10. The van der Waals surface area contributed by atoms with Gasteiger partial charge in [0, 0.05) is 5.41 Å². The van der Waals surface area contributed by atoms with Crippen LogP contribution in [0.3, 0.4) is 0 Å². The van der Waals surface area contributed by atoms with Gasteiger partial charge in [0.2, 0.25) is 5.89 Å². The highest BCUT2D eigenvalue weighted by atomic mass is 32.2. The second kappa shape index (κ2) is 6.39. The van der Waals surface area contributed by atoms with Crippen molar-refractivity contribution in [1.29, 1.82) is 0 Å². The third-order valence-corrected chi connectivity index (χ3v) is 4.53. The highest BCUT2D eigenvalue weighted by Gasteiger charge is 2.21. The van der Waals surface area contributed by atoms with Crippen LogP contribution in [0.1, 0.15) is 43.9 Å². The number of rotatable bonds is 4. The average Bonchev–Trinajstić information content (AvgIpc) is 3.12. The summed E-state index contributed by atoms with van der Waals surface area (Å²) < 4.78 is 7.41. The lowest BCUT2D eigenvalue weighted by Crippen LogP contribution is -2.13. The first-order chi connectivity index (χ1) is 11.4. The molecule has 24 heavy (non-hydrogen) atoms. The molecule has 0 saturated heterocycles. The molecule has 0 aliphatic rings. The Labute approximate surface area is 145 Å². The van der Waals surface area contributed by atoms with E-state index in [-0.39, 0.29) is 5.41 Å². The molecule has 2 heterocycles. The summed E-state index contributed by atoms with van der Waals surface area (Å²) in [6.45, 7) is 10.2. The van der Waals surface area contributed by atoms with Crippen LogP contribution in [0.4, 0.5) is 0 Å². The molecule has 0 fully saturated rings. The molecule has 0 spiro atoms. The Kier molecular flexibility index (Phi) is 4.45. The van der Waals surface area contributed by atoms with Crippen LogP contribution in [0.25, 0.3) is 5.69 Å². The molecule has 126 valence electrons. The van der Waals surface area contributed by atoms with Crippen molar-refractivity contribution in [3.8, 4) is 5.69 Å². The third kappa shape index (κ3) is 3.36. The second-order valence-electron chi connectivity index (χ2n) is 6.70. The molecule has 0 atom stereocenters. The van der Waals surface area contributed by atoms with Crippen molar-refractivity contribution in [2.24, 2.45) is 0 Å². The topological polar surface area (TPSA) is 69.6 Å². The number of para-hydroxylation sites is 1. The second-order valence-corrected chi connectivity index (χ2v) is 7.64. The largest absolute Gasteiger partial charge is 0.338 e. The summed E-state index contributed by atoms with van der Waals surface area (Å²) in [6.07, 6.45) is 0.